The van der Waals surface area contributed by atoms with Crippen molar-refractivity contribution in [3.8, 4) is 6.07 Å². The number of hydrogen-bond acceptors (Lipinski definition) is 4. The quantitative estimate of drug-likeness (QED) is 0.892. The maximum Gasteiger partial charge on any atom is 0.391 e. The monoisotopic (exact) mass is 327 g/mol. The summed E-state index contributed by atoms with van der Waals surface area (Å²) in [5, 5.41) is 22.7. The van der Waals surface area contributed by atoms with Gasteiger partial charge in [0, 0.05) is 12.2 Å². The van der Waals surface area contributed by atoms with E-state index in [1.54, 1.807) is 19.9 Å². The molecule has 2 N–H and O–H groups in total. The van der Waals surface area contributed by atoms with Crippen molar-refractivity contribution < 1.29 is 18.3 Å². The molecule has 0 bridgehead atoms. The van der Waals surface area contributed by atoms with Crippen molar-refractivity contribution in [3.05, 3.63) is 23.0 Å². The van der Waals surface area contributed by atoms with Gasteiger partial charge in [0.2, 0.25) is 0 Å². The first-order valence-electron chi connectivity index (χ1n) is 7.56. The maximum atomic E-state index is 12.9. The van der Waals surface area contributed by atoms with E-state index in [0.717, 1.165) is 0 Å². The van der Waals surface area contributed by atoms with Crippen LogP contribution in [0.4, 0.5) is 18.9 Å². The number of hydrogen-bond donors (Lipinski definition) is 2. The number of aryl methyl sites for hydroxylation is 2. The minimum atomic E-state index is -4.28. The highest BCUT2D eigenvalue weighted by atomic mass is 19.4. The van der Waals surface area contributed by atoms with Crippen LogP contribution in [0.1, 0.15) is 42.6 Å². The number of halogens is 3. The van der Waals surface area contributed by atoms with E-state index in [4.69, 9.17) is 0 Å². The number of aliphatic hydroxyl groups is 1. The molecular formula is C16H20F3N3O. The number of anilines is 1. The number of pyridine rings is 1. The molecule has 1 aliphatic carbocycles. The molecule has 0 aromatic carbocycles. The van der Waals surface area contributed by atoms with Crippen molar-refractivity contribution in [3.63, 3.8) is 0 Å². The lowest BCUT2D eigenvalue weighted by Crippen LogP contribution is -2.45. The Kier molecular flexibility index (Phi) is 4.85. The average Bonchev–Trinajstić information content (AvgIpc) is 2.44. The molecule has 1 heterocycles. The van der Waals surface area contributed by atoms with E-state index in [9.17, 15) is 23.5 Å². The topological polar surface area (TPSA) is 68.9 Å². The summed E-state index contributed by atoms with van der Waals surface area (Å²) in [7, 11) is 0. The van der Waals surface area contributed by atoms with Crippen LogP contribution in [0, 0.1) is 31.1 Å². The molecule has 1 aromatic heterocycles. The van der Waals surface area contributed by atoms with Crippen LogP contribution in [0.3, 0.4) is 0 Å². The molecule has 0 saturated heterocycles. The Labute approximate surface area is 133 Å². The Hall–Kier alpha value is -1.81. The second kappa shape index (κ2) is 6.36. The van der Waals surface area contributed by atoms with Crippen molar-refractivity contribution in [1.82, 2.24) is 4.98 Å². The van der Waals surface area contributed by atoms with Crippen LogP contribution in [-0.2, 0) is 0 Å². The molecule has 23 heavy (non-hydrogen) atoms. The second-order valence-corrected chi connectivity index (χ2v) is 6.30. The van der Waals surface area contributed by atoms with E-state index in [-0.39, 0.29) is 19.4 Å². The predicted molar refractivity (Wildman–Crippen MR) is 79.9 cm³/mol. The average molecular weight is 327 g/mol. The largest absolute Gasteiger partial charge is 0.391 e. The van der Waals surface area contributed by atoms with E-state index in [1.165, 1.54) is 0 Å². The highest BCUT2D eigenvalue weighted by Crippen LogP contribution is 2.41. The Balaban J connectivity index is 2.13. The first-order valence-corrected chi connectivity index (χ1v) is 7.56. The molecule has 7 heteroatoms. The fourth-order valence-electron chi connectivity index (χ4n) is 3.15. The summed E-state index contributed by atoms with van der Waals surface area (Å²) in [6, 6.07) is 3.70. The fraction of sp³-hybridized carbons (Fsp3) is 0.625. The highest BCUT2D eigenvalue weighted by molar-refractivity contribution is 5.60. The first kappa shape index (κ1) is 17.5. The van der Waals surface area contributed by atoms with Gasteiger partial charge in [-0.2, -0.15) is 18.4 Å². The summed E-state index contributed by atoms with van der Waals surface area (Å²) in [4.78, 5) is 4.19. The maximum absolute atomic E-state index is 12.9. The summed E-state index contributed by atoms with van der Waals surface area (Å²) >= 11 is 0. The summed E-state index contributed by atoms with van der Waals surface area (Å²) in [5.41, 5.74) is 0.685. The lowest BCUT2D eigenvalue weighted by atomic mass is 9.77. The van der Waals surface area contributed by atoms with Crippen LogP contribution in [0.25, 0.3) is 0 Å². The molecule has 0 amide bonds. The molecule has 0 aliphatic heterocycles. The Morgan fingerprint density at radius 3 is 2.78 bits per heavy atom. The van der Waals surface area contributed by atoms with Gasteiger partial charge in [0.25, 0.3) is 0 Å². The molecule has 1 fully saturated rings. The zero-order chi connectivity index (χ0) is 17.3. The summed E-state index contributed by atoms with van der Waals surface area (Å²) in [6.07, 6.45) is -3.88. The van der Waals surface area contributed by atoms with Gasteiger partial charge < -0.3 is 10.4 Å². The Morgan fingerprint density at radius 2 is 2.17 bits per heavy atom. The molecule has 4 nitrogen and oxygen atoms in total. The highest BCUT2D eigenvalue weighted by Gasteiger charge is 2.46. The van der Waals surface area contributed by atoms with Crippen LogP contribution in [-0.4, -0.2) is 28.4 Å². The number of aromatic nitrogens is 1. The first-order chi connectivity index (χ1) is 10.6. The summed E-state index contributed by atoms with van der Waals surface area (Å²) in [5.74, 6) is -1.47. The third-order valence-corrected chi connectivity index (χ3v) is 4.33. The number of rotatable bonds is 3. The van der Waals surface area contributed by atoms with Crippen LogP contribution < -0.4 is 5.32 Å². The third-order valence-electron chi connectivity index (χ3n) is 4.33. The number of nitriles is 1. The zero-order valence-corrected chi connectivity index (χ0v) is 13.2. The third kappa shape index (κ3) is 4.14. The van der Waals surface area contributed by atoms with Crippen LogP contribution in [0.15, 0.2) is 6.07 Å². The molecule has 1 saturated carbocycles. The van der Waals surface area contributed by atoms with Gasteiger partial charge in [0.1, 0.15) is 6.07 Å². The van der Waals surface area contributed by atoms with Gasteiger partial charge in [0.05, 0.1) is 28.5 Å². The molecule has 2 atom stereocenters. The van der Waals surface area contributed by atoms with Crippen molar-refractivity contribution in [2.45, 2.75) is 51.3 Å². The standard InChI is InChI=1S/C16H20F3N3O/c1-10-6-14(13(8-20)11(2)22-10)21-9-15(23)5-3-4-12(7-15)16(17,18)19/h6,12,23H,3-5,7,9H2,1-2H3,(H,21,22). The van der Waals surface area contributed by atoms with E-state index in [0.29, 0.717) is 35.5 Å². The van der Waals surface area contributed by atoms with Crippen LogP contribution in [0.5, 0.6) is 0 Å². The number of nitrogens with zero attached hydrogens (tertiary/aromatic N) is 2. The van der Waals surface area contributed by atoms with E-state index in [1.807, 2.05) is 6.07 Å². The lowest BCUT2D eigenvalue weighted by Gasteiger charge is -2.38. The number of nitrogens with one attached hydrogen (secondary N) is 1. The van der Waals surface area contributed by atoms with E-state index < -0.39 is 17.7 Å². The van der Waals surface area contributed by atoms with Crippen molar-refractivity contribution >= 4 is 5.69 Å². The summed E-state index contributed by atoms with van der Waals surface area (Å²) < 4.78 is 38.7. The van der Waals surface area contributed by atoms with Crippen molar-refractivity contribution in [2.75, 3.05) is 11.9 Å². The minimum Gasteiger partial charge on any atom is -0.388 e. The fourth-order valence-corrected chi connectivity index (χ4v) is 3.15. The van der Waals surface area contributed by atoms with Gasteiger partial charge in [0.15, 0.2) is 0 Å². The van der Waals surface area contributed by atoms with Crippen molar-refractivity contribution in [2.24, 2.45) is 5.92 Å². The second-order valence-electron chi connectivity index (χ2n) is 6.30. The van der Waals surface area contributed by atoms with E-state index in [2.05, 4.69) is 10.3 Å². The molecule has 1 aromatic rings. The Bertz CT molecular complexity index is 624. The smallest absolute Gasteiger partial charge is 0.388 e. The van der Waals surface area contributed by atoms with Crippen molar-refractivity contribution in [1.29, 1.82) is 5.26 Å². The molecule has 1 aliphatic rings. The normalized spacial score (nSPS) is 25.0. The zero-order valence-electron chi connectivity index (χ0n) is 13.2. The molecular weight excluding hydrogens is 307 g/mol. The molecule has 0 spiro atoms. The van der Waals surface area contributed by atoms with Crippen LogP contribution >= 0.6 is 0 Å². The molecule has 0 radical (unpaired) electrons. The van der Waals surface area contributed by atoms with E-state index >= 15 is 0 Å². The van der Waals surface area contributed by atoms with Gasteiger partial charge >= 0.3 is 6.18 Å². The SMILES string of the molecule is Cc1cc(NCC2(O)CCCC(C(F)(F)F)C2)c(C#N)c(C)n1. The summed E-state index contributed by atoms with van der Waals surface area (Å²) in [6.45, 7) is 3.46. The Morgan fingerprint density at radius 1 is 1.48 bits per heavy atom. The van der Waals surface area contributed by atoms with Gasteiger partial charge in [-0.1, -0.05) is 0 Å². The van der Waals surface area contributed by atoms with Gasteiger partial charge in [-0.3, -0.25) is 4.98 Å². The lowest BCUT2D eigenvalue weighted by molar-refractivity contribution is -0.199. The molecule has 2 rings (SSSR count). The number of alkyl halides is 3. The van der Waals surface area contributed by atoms with Gasteiger partial charge in [-0.25, -0.2) is 0 Å². The van der Waals surface area contributed by atoms with Crippen LogP contribution in [0.2, 0.25) is 0 Å². The van der Waals surface area contributed by atoms with Gasteiger partial charge in [-0.05, 0) is 45.6 Å². The molecule has 2 unspecified atom stereocenters. The predicted octanol–water partition coefficient (Wildman–Crippen LogP) is 3.47. The molecule has 126 valence electrons. The minimum absolute atomic E-state index is 0.0167. The van der Waals surface area contributed by atoms with Gasteiger partial charge in [-0.15, -0.1) is 0 Å².